The molecule has 126 valence electrons. The second-order valence-electron chi connectivity index (χ2n) is 5.94. The quantitative estimate of drug-likeness (QED) is 0.914. The summed E-state index contributed by atoms with van der Waals surface area (Å²) in [6.45, 7) is 4.87. The molecule has 23 heavy (non-hydrogen) atoms. The van der Waals surface area contributed by atoms with Crippen LogP contribution in [0.2, 0.25) is 0 Å². The number of carbonyl (C=O) groups is 1. The molecule has 0 bridgehead atoms. The third-order valence-electron chi connectivity index (χ3n) is 2.75. The molecular formula is C14H17FN2O5S. The van der Waals surface area contributed by atoms with Gasteiger partial charge in [-0.3, -0.25) is 0 Å². The second-order valence-corrected chi connectivity index (χ2v) is 7.78. The number of benzene rings is 1. The van der Waals surface area contributed by atoms with E-state index < -0.39 is 27.5 Å². The first-order chi connectivity index (χ1) is 10.6. The van der Waals surface area contributed by atoms with E-state index in [0.717, 1.165) is 0 Å². The smallest absolute Gasteiger partial charge is 0.421 e. The lowest BCUT2D eigenvalue weighted by Crippen LogP contribution is -2.37. The van der Waals surface area contributed by atoms with Gasteiger partial charge in [0.2, 0.25) is 10.0 Å². The molecule has 9 heteroatoms. The van der Waals surface area contributed by atoms with Gasteiger partial charge in [0.15, 0.2) is 5.58 Å². The normalized spacial score (nSPS) is 12.3. The first-order valence-corrected chi connectivity index (χ1v) is 8.48. The van der Waals surface area contributed by atoms with E-state index in [1.165, 1.54) is 18.2 Å². The zero-order chi connectivity index (χ0) is 17.3. The van der Waals surface area contributed by atoms with Crippen molar-refractivity contribution in [2.45, 2.75) is 32.8 Å². The van der Waals surface area contributed by atoms with Gasteiger partial charge in [0, 0.05) is 17.9 Å². The Hall–Kier alpha value is -2.16. The maximum Gasteiger partial charge on any atom is 0.421 e. The third-order valence-corrected chi connectivity index (χ3v) is 3.97. The predicted octanol–water partition coefficient (Wildman–Crippen LogP) is 2.36. The van der Waals surface area contributed by atoms with Crippen molar-refractivity contribution in [2.75, 3.05) is 5.75 Å². The summed E-state index contributed by atoms with van der Waals surface area (Å²) in [7, 11) is -3.89. The monoisotopic (exact) mass is 344 g/mol. The highest BCUT2D eigenvalue weighted by Gasteiger charge is 2.22. The second kappa shape index (κ2) is 6.15. The fourth-order valence-corrected chi connectivity index (χ4v) is 2.71. The van der Waals surface area contributed by atoms with Gasteiger partial charge in [0.25, 0.3) is 0 Å². The van der Waals surface area contributed by atoms with E-state index >= 15 is 0 Å². The number of hydrogen-bond acceptors (Lipinski definition) is 6. The third kappa shape index (κ3) is 4.92. The van der Waals surface area contributed by atoms with Crippen molar-refractivity contribution in [3.63, 3.8) is 0 Å². The molecule has 0 unspecified atom stereocenters. The SMILES string of the molecule is CC(C)(C)OC(=O)NS(=O)(=O)CCc1noc2cc(F)ccc12. The van der Waals surface area contributed by atoms with Gasteiger partial charge in [-0.05, 0) is 32.9 Å². The lowest BCUT2D eigenvalue weighted by molar-refractivity contribution is 0.0570. The van der Waals surface area contributed by atoms with Crippen LogP contribution in [0.3, 0.4) is 0 Å². The van der Waals surface area contributed by atoms with E-state index in [2.05, 4.69) is 5.16 Å². The van der Waals surface area contributed by atoms with Crippen molar-refractivity contribution in [1.29, 1.82) is 0 Å². The number of nitrogens with one attached hydrogen (secondary N) is 1. The molecule has 1 heterocycles. The molecule has 0 saturated heterocycles. The van der Waals surface area contributed by atoms with Gasteiger partial charge in [0.05, 0.1) is 11.4 Å². The Morgan fingerprint density at radius 3 is 2.74 bits per heavy atom. The van der Waals surface area contributed by atoms with Gasteiger partial charge < -0.3 is 9.26 Å². The zero-order valence-electron chi connectivity index (χ0n) is 12.9. The predicted molar refractivity (Wildman–Crippen MR) is 80.8 cm³/mol. The number of carbonyl (C=O) groups excluding carboxylic acids is 1. The number of hydrogen-bond donors (Lipinski definition) is 1. The molecule has 0 spiro atoms. The Morgan fingerprint density at radius 1 is 1.39 bits per heavy atom. The molecule has 1 aromatic heterocycles. The van der Waals surface area contributed by atoms with E-state index in [9.17, 15) is 17.6 Å². The summed E-state index contributed by atoms with van der Waals surface area (Å²) in [6.07, 6.45) is -1.03. The summed E-state index contributed by atoms with van der Waals surface area (Å²) >= 11 is 0. The number of nitrogens with zero attached hydrogens (tertiary/aromatic N) is 1. The van der Waals surface area contributed by atoms with Gasteiger partial charge >= 0.3 is 6.09 Å². The largest absolute Gasteiger partial charge is 0.443 e. The van der Waals surface area contributed by atoms with E-state index in [1.54, 1.807) is 20.8 Å². The minimum atomic E-state index is -3.89. The molecule has 2 rings (SSSR count). The van der Waals surface area contributed by atoms with Gasteiger partial charge in [-0.2, -0.15) is 0 Å². The molecule has 0 saturated carbocycles. The van der Waals surface area contributed by atoms with Crippen LogP contribution in [0, 0.1) is 5.82 Å². The summed E-state index contributed by atoms with van der Waals surface area (Å²) in [5.74, 6) is -0.856. The van der Waals surface area contributed by atoms with Gasteiger partial charge in [0.1, 0.15) is 11.4 Å². The van der Waals surface area contributed by atoms with E-state index in [-0.39, 0.29) is 17.8 Å². The summed E-state index contributed by atoms with van der Waals surface area (Å²) in [6, 6.07) is 3.86. The molecule has 1 N–H and O–H groups in total. The molecule has 1 aromatic carbocycles. The maximum absolute atomic E-state index is 13.1. The molecule has 0 radical (unpaired) electrons. The molecule has 2 aromatic rings. The average molecular weight is 344 g/mol. The number of ether oxygens (including phenoxy) is 1. The van der Waals surface area contributed by atoms with Gasteiger partial charge in [-0.15, -0.1) is 0 Å². The van der Waals surface area contributed by atoms with Crippen LogP contribution in [-0.4, -0.2) is 31.0 Å². The lowest BCUT2D eigenvalue weighted by Gasteiger charge is -2.19. The van der Waals surface area contributed by atoms with Crippen LogP contribution in [0.5, 0.6) is 0 Å². The first kappa shape index (κ1) is 17.2. The number of fused-ring (bicyclic) bond motifs is 1. The van der Waals surface area contributed by atoms with E-state index in [1.807, 2.05) is 4.72 Å². The van der Waals surface area contributed by atoms with E-state index in [0.29, 0.717) is 11.1 Å². The van der Waals surface area contributed by atoms with Crippen molar-refractivity contribution in [1.82, 2.24) is 9.88 Å². The number of sulfonamides is 1. The van der Waals surface area contributed by atoms with Gasteiger partial charge in [-0.25, -0.2) is 22.3 Å². The highest BCUT2D eigenvalue weighted by molar-refractivity contribution is 7.90. The Labute approximate surface area is 132 Å². The highest BCUT2D eigenvalue weighted by atomic mass is 32.2. The Bertz CT molecular complexity index is 823. The van der Waals surface area contributed by atoms with Crippen LogP contribution in [0.25, 0.3) is 11.0 Å². The number of amides is 1. The summed E-state index contributed by atoms with van der Waals surface area (Å²) in [5, 5.41) is 4.25. The molecule has 7 nitrogen and oxygen atoms in total. The minimum Gasteiger partial charge on any atom is -0.443 e. The average Bonchev–Trinajstić information content (AvgIpc) is 2.75. The van der Waals surface area contributed by atoms with Crippen LogP contribution < -0.4 is 4.72 Å². The fraction of sp³-hybridized carbons (Fsp3) is 0.429. The molecule has 1 amide bonds. The van der Waals surface area contributed by atoms with Crippen LogP contribution in [0.4, 0.5) is 9.18 Å². The molecule has 0 aliphatic carbocycles. The topological polar surface area (TPSA) is 98.5 Å². The van der Waals surface area contributed by atoms with Crippen molar-refractivity contribution in [3.8, 4) is 0 Å². The van der Waals surface area contributed by atoms with Crippen LogP contribution >= 0.6 is 0 Å². The lowest BCUT2D eigenvalue weighted by atomic mass is 10.2. The maximum atomic E-state index is 13.1. The van der Waals surface area contributed by atoms with Gasteiger partial charge in [-0.1, -0.05) is 5.16 Å². The standard InChI is InChI=1S/C14H17FN2O5S/c1-14(2,3)21-13(18)17-23(19,20)7-6-11-10-5-4-9(15)8-12(10)22-16-11/h4-5,8H,6-7H2,1-3H3,(H,17,18). The number of halogens is 1. The summed E-state index contributed by atoms with van der Waals surface area (Å²) in [5.41, 5.74) is -0.196. The zero-order valence-corrected chi connectivity index (χ0v) is 13.7. The van der Waals surface area contributed by atoms with Crippen molar-refractivity contribution < 1.29 is 26.9 Å². The summed E-state index contributed by atoms with van der Waals surface area (Å²) < 4.78 is 48.5. The molecule has 0 aliphatic heterocycles. The Balaban J connectivity index is 2.02. The first-order valence-electron chi connectivity index (χ1n) is 6.83. The number of rotatable bonds is 4. The van der Waals surface area contributed by atoms with E-state index in [4.69, 9.17) is 9.26 Å². The van der Waals surface area contributed by atoms with Crippen LogP contribution in [0.1, 0.15) is 26.5 Å². The van der Waals surface area contributed by atoms with Crippen molar-refractivity contribution in [3.05, 3.63) is 29.7 Å². The minimum absolute atomic E-state index is 0.0107. The highest BCUT2D eigenvalue weighted by Crippen LogP contribution is 2.20. The Kier molecular flexibility index (Phi) is 4.60. The molecule has 0 aliphatic rings. The Morgan fingerprint density at radius 2 is 2.09 bits per heavy atom. The fourth-order valence-electron chi connectivity index (χ4n) is 1.85. The van der Waals surface area contributed by atoms with Crippen molar-refractivity contribution in [2.24, 2.45) is 0 Å². The van der Waals surface area contributed by atoms with Crippen molar-refractivity contribution >= 4 is 27.1 Å². The van der Waals surface area contributed by atoms with Crippen LogP contribution in [-0.2, 0) is 21.2 Å². The number of aromatic nitrogens is 1. The molecular weight excluding hydrogens is 327 g/mol. The molecule has 0 fully saturated rings. The molecule has 0 atom stereocenters. The van der Waals surface area contributed by atoms with Crippen LogP contribution in [0.15, 0.2) is 22.7 Å². The number of aryl methyl sites for hydroxylation is 1. The summed E-state index contributed by atoms with van der Waals surface area (Å²) in [4.78, 5) is 11.5.